The van der Waals surface area contributed by atoms with Gasteiger partial charge in [-0.05, 0) is 42.8 Å². The van der Waals surface area contributed by atoms with Crippen molar-refractivity contribution >= 4 is 46.0 Å². The Bertz CT molecular complexity index is 1010. The average molecular weight is 395 g/mol. The van der Waals surface area contributed by atoms with E-state index in [-0.39, 0.29) is 11.8 Å². The molecule has 1 saturated heterocycles. The predicted octanol–water partition coefficient (Wildman–Crippen LogP) is 3.82. The molecule has 0 spiro atoms. The molecule has 7 heteroatoms. The molecule has 2 heterocycles. The average Bonchev–Trinajstić information content (AvgIpc) is 3.26. The fourth-order valence-corrected chi connectivity index (χ4v) is 4.28. The Kier molecular flexibility index (Phi) is 5.34. The Balaban J connectivity index is 1.29. The van der Waals surface area contributed by atoms with Crippen molar-refractivity contribution in [3.63, 3.8) is 0 Å². The minimum absolute atomic E-state index is 0.0312. The fraction of sp³-hybridized carbons (Fsp3) is 0.286. The summed E-state index contributed by atoms with van der Waals surface area (Å²) in [7, 11) is 1.99. The first-order valence-corrected chi connectivity index (χ1v) is 10.3. The molecule has 6 nitrogen and oxygen atoms in total. The van der Waals surface area contributed by atoms with Gasteiger partial charge >= 0.3 is 0 Å². The third kappa shape index (κ3) is 3.89. The van der Waals surface area contributed by atoms with Gasteiger partial charge < -0.3 is 14.8 Å². The highest BCUT2D eigenvalue weighted by Crippen LogP contribution is 2.24. The van der Waals surface area contributed by atoms with E-state index in [4.69, 9.17) is 0 Å². The molecule has 2 aromatic carbocycles. The lowest BCUT2D eigenvalue weighted by molar-refractivity contribution is -0.117. The maximum Gasteiger partial charge on any atom is 0.227 e. The second kappa shape index (κ2) is 8.06. The predicted molar refractivity (Wildman–Crippen MR) is 113 cm³/mol. The summed E-state index contributed by atoms with van der Waals surface area (Å²) in [6.45, 7) is 0.768. The van der Waals surface area contributed by atoms with Crippen molar-refractivity contribution in [3.8, 4) is 0 Å². The minimum Gasteiger partial charge on any atom is -0.326 e. The van der Waals surface area contributed by atoms with E-state index in [0.717, 1.165) is 40.5 Å². The number of carbonyl (C=O) groups excluding carboxylic acids is 2. The minimum atomic E-state index is -0.0312. The Morgan fingerprint density at radius 2 is 1.96 bits per heavy atom. The van der Waals surface area contributed by atoms with Gasteiger partial charge in [-0.15, -0.1) is 0 Å². The van der Waals surface area contributed by atoms with Gasteiger partial charge in [-0.25, -0.2) is 4.98 Å². The van der Waals surface area contributed by atoms with Crippen LogP contribution in [-0.2, 0) is 16.6 Å². The molecule has 0 unspecified atom stereocenters. The number of hydrogen-bond donors (Lipinski definition) is 1. The summed E-state index contributed by atoms with van der Waals surface area (Å²) >= 11 is 1.58. The highest BCUT2D eigenvalue weighted by atomic mass is 32.2. The highest BCUT2D eigenvalue weighted by Gasteiger charge is 2.21. The molecule has 1 fully saturated rings. The number of aromatic nitrogens is 2. The summed E-state index contributed by atoms with van der Waals surface area (Å²) < 4.78 is 2.05. The Morgan fingerprint density at radius 1 is 1.18 bits per heavy atom. The second-order valence-electron chi connectivity index (χ2n) is 6.78. The van der Waals surface area contributed by atoms with Crippen LogP contribution in [0.2, 0.25) is 0 Å². The van der Waals surface area contributed by atoms with Crippen LogP contribution in [0.25, 0.3) is 11.0 Å². The van der Waals surface area contributed by atoms with Crippen LogP contribution in [0.1, 0.15) is 19.3 Å². The lowest BCUT2D eigenvalue weighted by Gasteiger charge is -2.16. The summed E-state index contributed by atoms with van der Waals surface area (Å²) in [5, 5.41) is 3.83. The molecule has 28 heavy (non-hydrogen) atoms. The van der Waals surface area contributed by atoms with Gasteiger partial charge in [0, 0.05) is 43.6 Å². The quantitative estimate of drug-likeness (QED) is 0.646. The van der Waals surface area contributed by atoms with E-state index in [2.05, 4.69) is 14.9 Å². The molecule has 3 aromatic rings. The largest absolute Gasteiger partial charge is 0.326 e. The van der Waals surface area contributed by atoms with Crippen molar-refractivity contribution in [2.75, 3.05) is 22.5 Å². The number of benzene rings is 2. The Morgan fingerprint density at radius 3 is 2.68 bits per heavy atom. The van der Waals surface area contributed by atoms with E-state index in [9.17, 15) is 9.59 Å². The molecule has 0 bridgehead atoms. The van der Waals surface area contributed by atoms with E-state index < -0.39 is 0 Å². The van der Waals surface area contributed by atoms with E-state index >= 15 is 0 Å². The molecule has 1 aliphatic heterocycles. The first-order chi connectivity index (χ1) is 13.6. The van der Waals surface area contributed by atoms with E-state index in [1.54, 1.807) is 16.7 Å². The molecular weight excluding hydrogens is 372 g/mol. The number of aryl methyl sites for hydroxylation is 1. The van der Waals surface area contributed by atoms with Crippen LogP contribution < -0.4 is 10.2 Å². The standard InChI is InChI=1S/C21H22N4O2S/c1-24-18-6-3-2-5-17(18)23-21(24)28-14-12-19(26)22-15-8-10-16(11-9-15)25-13-4-7-20(25)27/h2-3,5-6,8-11H,4,7,12-14H2,1H3,(H,22,26). The first-order valence-electron chi connectivity index (χ1n) is 9.36. The smallest absolute Gasteiger partial charge is 0.227 e. The molecule has 0 saturated carbocycles. The Hall–Kier alpha value is -2.80. The molecule has 4 rings (SSSR count). The van der Waals surface area contributed by atoms with Gasteiger partial charge in [-0.2, -0.15) is 0 Å². The van der Waals surface area contributed by atoms with Gasteiger partial charge in [0.15, 0.2) is 5.16 Å². The number of anilines is 2. The number of hydrogen-bond acceptors (Lipinski definition) is 4. The molecule has 0 atom stereocenters. The van der Waals surface area contributed by atoms with Gasteiger partial charge in [-0.1, -0.05) is 23.9 Å². The molecule has 1 N–H and O–H groups in total. The summed E-state index contributed by atoms with van der Waals surface area (Å²) in [6.07, 6.45) is 1.92. The third-order valence-corrected chi connectivity index (χ3v) is 5.87. The fourth-order valence-electron chi connectivity index (χ4n) is 3.36. The van der Waals surface area contributed by atoms with E-state index in [1.165, 1.54) is 0 Å². The number of nitrogens with zero attached hydrogens (tertiary/aromatic N) is 3. The Labute approximate surface area is 167 Å². The number of thioether (sulfide) groups is 1. The van der Waals surface area contributed by atoms with E-state index in [0.29, 0.717) is 18.6 Å². The van der Waals surface area contributed by atoms with Gasteiger partial charge in [0.05, 0.1) is 11.0 Å². The maximum atomic E-state index is 12.2. The van der Waals surface area contributed by atoms with Crippen LogP contribution in [0.15, 0.2) is 53.7 Å². The molecule has 0 aliphatic carbocycles. The number of nitrogens with one attached hydrogen (secondary N) is 1. The molecule has 144 valence electrons. The normalized spacial score (nSPS) is 14.0. The molecule has 1 aromatic heterocycles. The number of amides is 2. The van der Waals surface area contributed by atoms with Crippen LogP contribution in [0.5, 0.6) is 0 Å². The summed E-state index contributed by atoms with van der Waals surface area (Å²) in [6, 6.07) is 15.5. The highest BCUT2D eigenvalue weighted by molar-refractivity contribution is 7.99. The molecule has 1 aliphatic rings. The zero-order valence-electron chi connectivity index (χ0n) is 15.7. The third-order valence-electron chi connectivity index (χ3n) is 4.84. The number of imidazole rings is 1. The van der Waals surface area contributed by atoms with Gasteiger partial charge in [0.1, 0.15) is 0 Å². The first kappa shape index (κ1) is 18.6. The van der Waals surface area contributed by atoms with Crippen molar-refractivity contribution in [1.82, 2.24) is 9.55 Å². The van der Waals surface area contributed by atoms with Crippen molar-refractivity contribution < 1.29 is 9.59 Å². The summed E-state index contributed by atoms with van der Waals surface area (Å²) in [5.74, 6) is 0.788. The number of para-hydroxylation sites is 2. The van der Waals surface area contributed by atoms with Crippen molar-refractivity contribution in [3.05, 3.63) is 48.5 Å². The van der Waals surface area contributed by atoms with Crippen LogP contribution in [0.4, 0.5) is 11.4 Å². The van der Waals surface area contributed by atoms with Crippen LogP contribution >= 0.6 is 11.8 Å². The SMILES string of the molecule is Cn1c(SCCC(=O)Nc2ccc(N3CCCC3=O)cc2)nc2ccccc21. The lowest BCUT2D eigenvalue weighted by Crippen LogP contribution is -2.23. The zero-order chi connectivity index (χ0) is 19.5. The van der Waals surface area contributed by atoms with Crippen molar-refractivity contribution in [2.45, 2.75) is 24.4 Å². The van der Waals surface area contributed by atoms with E-state index in [1.807, 2.05) is 55.6 Å². The zero-order valence-corrected chi connectivity index (χ0v) is 16.5. The van der Waals surface area contributed by atoms with Gasteiger partial charge in [0.2, 0.25) is 11.8 Å². The maximum absolute atomic E-state index is 12.2. The van der Waals surface area contributed by atoms with Gasteiger partial charge in [-0.3, -0.25) is 9.59 Å². The molecule has 2 amide bonds. The molecular formula is C21H22N4O2S. The monoisotopic (exact) mass is 394 g/mol. The second-order valence-corrected chi connectivity index (χ2v) is 7.85. The molecule has 0 radical (unpaired) electrons. The van der Waals surface area contributed by atoms with Gasteiger partial charge in [0.25, 0.3) is 0 Å². The van der Waals surface area contributed by atoms with Crippen LogP contribution in [0, 0.1) is 0 Å². The van der Waals surface area contributed by atoms with Crippen LogP contribution in [0.3, 0.4) is 0 Å². The number of fused-ring (bicyclic) bond motifs is 1. The van der Waals surface area contributed by atoms with Crippen molar-refractivity contribution in [2.24, 2.45) is 7.05 Å². The van der Waals surface area contributed by atoms with Crippen molar-refractivity contribution in [1.29, 1.82) is 0 Å². The van der Waals surface area contributed by atoms with Crippen LogP contribution in [-0.4, -0.2) is 33.7 Å². The summed E-state index contributed by atoms with van der Waals surface area (Å²) in [5.41, 5.74) is 3.69. The lowest BCUT2D eigenvalue weighted by atomic mass is 10.2. The summed E-state index contributed by atoms with van der Waals surface area (Å²) in [4.78, 5) is 30.4. The number of carbonyl (C=O) groups is 2. The topological polar surface area (TPSA) is 67.2 Å². The number of rotatable bonds is 6.